The van der Waals surface area contributed by atoms with Crippen LogP contribution in [0.15, 0.2) is 59.6 Å². The number of rotatable bonds is 5. The zero-order valence-electron chi connectivity index (χ0n) is 13.1. The van der Waals surface area contributed by atoms with Gasteiger partial charge in [0.1, 0.15) is 5.02 Å². The zero-order valence-corrected chi connectivity index (χ0v) is 15.5. The summed E-state index contributed by atoms with van der Waals surface area (Å²) in [4.78, 5) is 7.83. The van der Waals surface area contributed by atoms with Crippen LogP contribution in [0.2, 0.25) is 10.3 Å². The third-order valence-corrected chi connectivity index (χ3v) is 5.10. The first-order valence-corrected chi connectivity index (χ1v) is 9.51. The molecular weight excluding hydrogens is 397 g/mol. The minimum Gasteiger partial charge on any atom is -0.399 e. The molecule has 1 heterocycles. The van der Waals surface area contributed by atoms with Gasteiger partial charge < -0.3 is 11.1 Å². The Morgan fingerprint density at radius 3 is 2.50 bits per heavy atom. The van der Waals surface area contributed by atoms with Crippen LogP contribution in [0.1, 0.15) is 0 Å². The Bertz CT molecular complexity index is 1060. The molecule has 26 heavy (non-hydrogen) atoms. The molecule has 0 aliphatic rings. The average molecular weight is 410 g/mol. The Kier molecular flexibility index (Phi) is 5.17. The van der Waals surface area contributed by atoms with Crippen molar-refractivity contribution in [3.63, 3.8) is 0 Å². The first kappa shape index (κ1) is 18.2. The highest BCUT2D eigenvalue weighted by atomic mass is 35.5. The fourth-order valence-corrected chi connectivity index (χ4v) is 3.50. The van der Waals surface area contributed by atoms with Crippen LogP contribution in [0.25, 0.3) is 0 Å². The number of sulfonamides is 1. The molecule has 134 valence electrons. The molecule has 0 aliphatic heterocycles. The van der Waals surface area contributed by atoms with Crippen molar-refractivity contribution >= 4 is 56.1 Å². The topological polar surface area (TPSA) is 110 Å². The van der Waals surface area contributed by atoms with E-state index in [1.54, 1.807) is 36.4 Å². The molecule has 0 amide bonds. The number of halogens is 2. The van der Waals surface area contributed by atoms with E-state index in [4.69, 9.17) is 28.9 Å². The Balaban J connectivity index is 1.84. The maximum atomic E-state index is 12.5. The molecule has 2 aromatic carbocycles. The normalized spacial score (nSPS) is 11.2. The molecule has 0 saturated heterocycles. The predicted molar refractivity (Wildman–Crippen MR) is 103 cm³/mol. The molecule has 0 atom stereocenters. The van der Waals surface area contributed by atoms with E-state index in [1.165, 1.54) is 18.3 Å². The molecule has 1 aromatic heterocycles. The summed E-state index contributed by atoms with van der Waals surface area (Å²) in [5.41, 5.74) is 6.93. The highest BCUT2D eigenvalue weighted by Gasteiger charge is 2.14. The molecule has 0 spiro atoms. The molecule has 3 rings (SSSR count). The Morgan fingerprint density at radius 1 is 1.00 bits per heavy atom. The first-order valence-electron chi connectivity index (χ1n) is 7.27. The highest BCUT2D eigenvalue weighted by Crippen LogP contribution is 2.26. The smallest absolute Gasteiger partial charge is 0.261 e. The fourth-order valence-electron chi connectivity index (χ4n) is 2.13. The van der Waals surface area contributed by atoms with Gasteiger partial charge in [-0.1, -0.05) is 23.7 Å². The SMILES string of the molecule is Nc1cccc(S(=O)(=O)Nc2cccc(Nc3nc(Cl)ncc3Cl)c2)c1. The number of nitrogens with zero attached hydrogens (tertiary/aromatic N) is 2. The molecule has 0 bridgehead atoms. The van der Waals surface area contributed by atoms with Crippen LogP contribution < -0.4 is 15.8 Å². The van der Waals surface area contributed by atoms with Crippen LogP contribution in [0, 0.1) is 0 Å². The van der Waals surface area contributed by atoms with E-state index in [0.29, 0.717) is 22.9 Å². The third-order valence-electron chi connectivity index (χ3n) is 3.26. The first-order chi connectivity index (χ1) is 12.3. The van der Waals surface area contributed by atoms with Crippen molar-refractivity contribution in [2.75, 3.05) is 15.8 Å². The zero-order chi connectivity index (χ0) is 18.7. The van der Waals surface area contributed by atoms with E-state index in [2.05, 4.69) is 20.0 Å². The monoisotopic (exact) mass is 409 g/mol. The molecular formula is C16H13Cl2N5O2S. The number of benzene rings is 2. The quantitative estimate of drug-likeness (QED) is 0.435. The van der Waals surface area contributed by atoms with Crippen LogP contribution in [0.3, 0.4) is 0 Å². The number of nitrogen functional groups attached to an aromatic ring is 1. The van der Waals surface area contributed by atoms with Gasteiger partial charge in [0.05, 0.1) is 16.8 Å². The lowest BCUT2D eigenvalue weighted by molar-refractivity contribution is 0.601. The molecule has 7 nitrogen and oxygen atoms in total. The second-order valence-electron chi connectivity index (χ2n) is 5.22. The predicted octanol–water partition coefficient (Wildman–Crippen LogP) is 3.91. The van der Waals surface area contributed by atoms with Crippen molar-refractivity contribution in [3.05, 3.63) is 65.0 Å². The molecule has 0 saturated carbocycles. The van der Waals surface area contributed by atoms with Gasteiger partial charge in [-0.05, 0) is 48.0 Å². The number of nitrogens with one attached hydrogen (secondary N) is 2. The van der Waals surface area contributed by atoms with Gasteiger partial charge in [-0.3, -0.25) is 4.72 Å². The number of aromatic nitrogens is 2. The lowest BCUT2D eigenvalue weighted by Crippen LogP contribution is -2.13. The van der Waals surface area contributed by atoms with E-state index >= 15 is 0 Å². The summed E-state index contributed by atoms with van der Waals surface area (Å²) in [6.07, 6.45) is 1.37. The lowest BCUT2D eigenvalue weighted by Gasteiger charge is -2.11. The summed E-state index contributed by atoms with van der Waals surface area (Å²) in [6.45, 7) is 0. The summed E-state index contributed by atoms with van der Waals surface area (Å²) in [5.74, 6) is 0.308. The van der Waals surface area contributed by atoms with Gasteiger partial charge in [-0.15, -0.1) is 0 Å². The Morgan fingerprint density at radius 2 is 1.73 bits per heavy atom. The van der Waals surface area contributed by atoms with Crippen molar-refractivity contribution < 1.29 is 8.42 Å². The van der Waals surface area contributed by atoms with Gasteiger partial charge in [0.15, 0.2) is 5.82 Å². The molecule has 0 aliphatic carbocycles. The van der Waals surface area contributed by atoms with Gasteiger partial charge in [0, 0.05) is 11.4 Å². The van der Waals surface area contributed by atoms with Gasteiger partial charge in [0.2, 0.25) is 5.28 Å². The fraction of sp³-hybridized carbons (Fsp3) is 0. The highest BCUT2D eigenvalue weighted by molar-refractivity contribution is 7.92. The van der Waals surface area contributed by atoms with Gasteiger partial charge in [-0.25, -0.2) is 13.4 Å². The number of anilines is 4. The second-order valence-corrected chi connectivity index (χ2v) is 7.65. The standard InChI is InChI=1S/C16H13Cl2N5O2S/c17-14-9-20-16(18)22-15(14)21-11-4-2-5-12(8-11)23-26(24,25)13-6-1-3-10(19)7-13/h1-9,23H,19H2,(H,20,21,22). The van der Waals surface area contributed by atoms with Crippen molar-refractivity contribution in [1.82, 2.24) is 9.97 Å². The molecule has 3 aromatic rings. The van der Waals surface area contributed by atoms with E-state index in [0.717, 1.165) is 0 Å². The summed E-state index contributed by atoms with van der Waals surface area (Å²) in [5, 5.41) is 3.28. The molecule has 0 fully saturated rings. The largest absolute Gasteiger partial charge is 0.399 e. The van der Waals surface area contributed by atoms with E-state index in [1.807, 2.05) is 0 Å². The van der Waals surface area contributed by atoms with E-state index in [9.17, 15) is 8.42 Å². The van der Waals surface area contributed by atoms with E-state index < -0.39 is 10.0 Å². The van der Waals surface area contributed by atoms with Crippen LogP contribution in [-0.4, -0.2) is 18.4 Å². The maximum absolute atomic E-state index is 12.5. The lowest BCUT2D eigenvalue weighted by atomic mass is 10.3. The minimum absolute atomic E-state index is 0.0374. The molecule has 0 unspecified atom stereocenters. The molecule has 10 heteroatoms. The summed E-state index contributed by atoms with van der Waals surface area (Å²) in [7, 11) is -3.77. The molecule has 0 radical (unpaired) electrons. The van der Waals surface area contributed by atoms with Crippen molar-refractivity contribution in [1.29, 1.82) is 0 Å². The van der Waals surface area contributed by atoms with Gasteiger partial charge >= 0.3 is 0 Å². The third kappa shape index (κ3) is 4.34. The van der Waals surface area contributed by atoms with Gasteiger partial charge in [-0.2, -0.15) is 4.98 Å². The maximum Gasteiger partial charge on any atom is 0.261 e. The van der Waals surface area contributed by atoms with Crippen LogP contribution >= 0.6 is 23.2 Å². The Labute approximate surface area is 160 Å². The van der Waals surface area contributed by atoms with Crippen molar-refractivity contribution in [2.24, 2.45) is 0 Å². The number of nitrogens with two attached hydrogens (primary N) is 1. The number of hydrogen-bond acceptors (Lipinski definition) is 6. The minimum atomic E-state index is -3.77. The van der Waals surface area contributed by atoms with Gasteiger partial charge in [0.25, 0.3) is 10.0 Å². The Hall–Kier alpha value is -2.55. The van der Waals surface area contributed by atoms with Crippen LogP contribution in [-0.2, 0) is 10.0 Å². The second kappa shape index (κ2) is 7.36. The summed E-state index contributed by atoms with van der Waals surface area (Å²) < 4.78 is 27.5. The van der Waals surface area contributed by atoms with Crippen LogP contribution in [0.4, 0.5) is 22.9 Å². The van der Waals surface area contributed by atoms with Crippen LogP contribution in [0.5, 0.6) is 0 Å². The summed E-state index contributed by atoms with van der Waals surface area (Å²) in [6, 6.07) is 12.6. The van der Waals surface area contributed by atoms with E-state index in [-0.39, 0.29) is 15.2 Å². The average Bonchev–Trinajstić information content (AvgIpc) is 2.58. The molecule has 4 N–H and O–H groups in total. The number of hydrogen-bond donors (Lipinski definition) is 3. The van der Waals surface area contributed by atoms with Crippen molar-refractivity contribution in [2.45, 2.75) is 4.90 Å². The summed E-state index contributed by atoms with van der Waals surface area (Å²) >= 11 is 11.8. The van der Waals surface area contributed by atoms with Crippen molar-refractivity contribution in [3.8, 4) is 0 Å².